The lowest BCUT2D eigenvalue weighted by molar-refractivity contribution is -0.139. The van der Waals surface area contributed by atoms with Crippen molar-refractivity contribution in [1.29, 1.82) is 0 Å². The van der Waals surface area contributed by atoms with Crippen molar-refractivity contribution in [3.05, 3.63) is 54.0 Å². The van der Waals surface area contributed by atoms with Gasteiger partial charge in [-0.1, -0.05) is 30.5 Å². The molecule has 15 nitrogen and oxygen atoms in total. The number of nitrogens with two attached hydrogens (primary N) is 1. The van der Waals surface area contributed by atoms with E-state index in [1.807, 2.05) is 11.5 Å². The summed E-state index contributed by atoms with van der Waals surface area (Å²) < 4.78 is 42.8. The molecule has 5 aromatic rings. The maximum absolute atomic E-state index is 14.9. The number of ketones is 1. The van der Waals surface area contributed by atoms with Crippen molar-refractivity contribution < 1.29 is 37.6 Å². The first kappa shape index (κ1) is 38.3. The number of aliphatic hydroxyl groups is 1. The van der Waals surface area contributed by atoms with Crippen LogP contribution in [0.1, 0.15) is 68.9 Å². The van der Waals surface area contributed by atoms with Gasteiger partial charge in [-0.25, -0.2) is 23.4 Å². The van der Waals surface area contributed by atoms with Gasteiger partial charge in [0, 0.05) is 30.5 Å². The van der Waals surface area contributed by atoms with Gasteiger partial charge in [0.1, 0.15) is 22.3 Å². The number of nitrogen functional groups attached to an aromatic ring is 1. The maximum Gasteiger partial charge on any atom is 0.267 e. The lowest BCUT2D eigenvalue weighted by atomic mass is 9.77. The highest BCUT2D eigenvalue weighted by Crippen LogP contribution is 2.39. The van der Waals surface area contributed by atoms with Gasteiger partial charge in [0.05, 0.1) is 43.0 Å². The molecule has 1 aromatic carbocycles. The third-order valence-electron chi connectivity index (χ3n) is 10.1. The van der Waals surface area contributed by atoms with Crippen LogP contribution in [0, 0.1) is 23.7 Å². The number of nitrogens with zero attached hydrogens (tertiary/aromatic N) is 7. The summed E-state index contributed by atoms with van der Waals surface area (Å²) in [6.45, 7) is 4.15. The zero-order chi connectivity index (χ0) is 39.8. The number of amides is 2. The lowest BCUT2D eigenvalue weighted by Crippen LogP contribution is -2.47. The number of benzene rings is 1. The van der Waals surface area contributed by atoms with Gasteiger partial charge in [-0.15, -0.1) is 0 Å². The predicted octanol–water partition coefficient (Wildman–Crippen LogP) is 4.17. The standard InChI is InChI=1S/C39H41F2N9O6/c1-4-49-33-29(18-44-27(12-14-38(2,3)54)31(33)46-36(49)32-35(42)48-56-47-32)55-20-22-8-7-9-23(16-22)34(52)28-17-39(40,41)21-50(28)30(51)19-45-37(53)25-13-15-43-26-11-6-5-10-24(25)26/h5-6,10-11,13,15,18,22-23,28,54H,4,7-9,16-17,19-21H2,1-3H3,(H2,42,48)(H,45,53)/t22-,23?,28-/m0/s1. The Hall–Kier alpha value is -6.02. The third kappa shape index (κ3) is 7.87. The molecule has 7 rings (SSSR count). The molecule has 1 saturated carbocycles. The van der Waals surface area contributed by atoms with Gasteiger partial charge in [0.2, 0.25) is 5.91 Å². The monoisotopic (exact) mass is 769 g/mol. The summed E-state index contributed by atoms with van der Waals surface area (Å²) in [5, 5.41) is 21.0. The van der Waals surface area contributed by atoms with E-state index in [4.69, 9.17) is 20.1 Å². The summed E-state index contributed by atoms with van der Waals surface area (Å²) in [5.41, 5.74) is 7.06. The van der Waals surface area contributed by atoms with Gasteiger partial charge in [-0.2, -0.15) is 0 Å². The zero-order valence-corrected chi connectivity index (χ0v) is 31.1. The highest BCUT2D eigenvalue weighted by Gasteiger charge is 2.51. The van der Waals surface area contributed by atoms with Crippen molar-refractivity contribution in [3.8, 4) is 29.1 Å². The van der Waals surface area contributed by atoms with Crippen molar-refractivity contribution in [1.82, 2.24) is 40.0 Å². The summed E-state index contributed by atoms with van der Waals surface area (Å²) in [5.74, 6) is 0.761. The van der Waals surface area contributed by atoms with Crippen LogP contribution in [0.25, 0.3) is 33.5 Å². The number of carbonyl (C=O) groups is 3. The number of alkyl halides is 2. The first-order chi connectivity index (χ1) is 26.7. The Balaban J connectivity index is 1.06. The number of anilines is 1. The van der Waals surface area contributed by atoms with Crippen LogP contribution >= 0.6 is 0 Å². The topological polar surface area (TPSA) is 204 Å². The van der Waals surface area contributed by atoms with E-state index in [-0.39, 0.29) is 24.0 Å². The minimum Gasteiger partial charge on any atom is -0.489 e. The molecule has 2 fully saturated rings. The van der Waals surface area contributed by atoms with Gasteiger partial charge < -0.3 is 30.4 Å². The number of pyridine rings is 2. The number of nitrogens with one attached hydrogen (secondary N) is 1. The van der Waals surface area contributed by atoms with Gasteiger partial charge in [-0.3, -0.25) is 19.4 Å². The Kier molecular flexibility index (Phi) is 10.4. The number of hydrogen-bond acceptors (Lipinski definition) is 12. The molecule has 3 atom stereocenters. The average molecular weight is 770 g/mol. The van der Waals surface area contributed by atoms with Crippen LogP contribution in [-0.4, -0.2) is 94.7 Å². The Bertz CT molecular complexity index is 2370. The average Bonchev–Trinajstić information content (AvgIpc) is 3.88. The number of aromatic nitrogens is 6. The molecule has 56 heavy (non-hydrogen) atoms. The van der Waals surface area contributed by atoms with Gasteiger partial charge >= 0.3 is 0 Å². The number of hydrogen-bond donors (Lipinski definition) is 3. The van der Waals surface area contributed by atoms with Gasteiger partial charge in [0.15, 0.2) is 28.9 Å². The van der Waals surface area contributed by atoms with Crippen LogP contribution in [0.15, 0.2) is 47.4 Å². The number of para-hydroxylation sites is 1. The summed E-state index contributed by atoms with van der Waals surface area (Å²) >= 11 is 0. The summed E-state index contributed by atoms with van der Waals surface area (Å²) in [6.07, 6.45) is 4.47. The van der Waals surface area contributed by atoms with Gasteiger partial charge in [0.25, 0.3) is 11.8 Å². The van der Waals surface area contributed by atoms with E-state index in [0.717, 1.165) is 11.3 Å². The number of rotatable bonds is 10. The second kappa shape index (κ2) is 15.3. The smallest absolute Gasteiger partial charge is 0.267 e. The minimum atomic E-state index is -3.26. The van der Waals surface area contributed by atoms with E-state index < -0.39 is 60.6 Å². The summed E-state index contributed by atoms with van der Waals surface area (Å²) in [7, 11) is 0. The van der Waals surface area contributed by atoms with Crippen LogP contribution in [-0.2, 0) is 16.1 Å². The fraction of sp³-hybridized carbons (Fsp3) is 0.436. The van der Waals surface area contributed by atoms with Crippen LogP contribution < -0.4 is 15.8 Å². The molecule has 17 heteroatoms. The molecule has 4 N–H and O–H groups in total. The molecule has 1 unspecified atom stereocenters. The number of likely N-dealkylation sites (tertiary alicyclic amines) is 1. The molecular formula is C39H41F2N9O6. The predicted molar refractivity (Wildman–Crippen MR) is 199 cm³/mol. The Morgan fingerprint density at radius 2 is 1.96 bits per heavy atom. The van der Waals surface area contributed by atoms with E-state index in [2.05, 4.69) is 37.4 Å². The number of Topliss-reactive ketones (excluding diaryl/α,β-unsaturated/α-hetero) is 1. The first-order valence-electron chi connectivity index (χ1n) is 18.4. The molecule has 292 valence electrons. The summed E-state index contributed by atoms with van der Waals surface area (Å²) in [4.78, 5) is 54.7. The number of imidazole rings is 1. The van der Waals surface area contributed by atoms with Crippen LogP contribution in [0.4, 0.5) is 14.6 Å². The van der Waals surface area contributed by atoms with Crippen molar-refractivity contribution in [2.75, 3.05) is 25.4 Å². The third-order valence-corrected chi connectivity index (χ3v) is 10.1. The Labute approximate surface area is 320 Å². The van der Waals surface area contributed by atoms with Crippen LogP contribution in [0.5, 0.6) is 5.75 Å². The number of aryl methyl sites for hydroxylation is 1. The molecule has 0 spiro atoms. The molecule has 4 aromatic heterocycles. The molecule has 2 aliphatic rings. The number of fused-ring (bicyclic) bond motifs is 2. The fourth-order valence-corrected chi connectivity index (χ4v) is 7.52. The maximum atomic E-state index is 14.9. The Morgan fingerprint density at radius 3 is 2.71 bits per heavy atom. The van der Waals surface area contributed by atoms with Crippen molar-refractivity contribution in [2.24, 2.45) is 11.8 Å². The molecule has 2 amide bonds. The van der Waals surface area contributed by atoms with Crippen molar-refractivity contribution in [3.63, 3.8) is 0 Å². The normalized spacial score (nSPS) is 19.5. The second-order valence-corrected chi connectivity index (χ2v) is 14.8. The van der Waals surface area contributed by atoms with Crippen molar-refractivity contribution >= 4 is 45.4 Å². The molecule has 0 radical (unpaired) electrons. The van der Waals surface area contributed by atoms with E-state index in [1.165, 1.54) is 18.5 Å². The van der Waals surface area contributed by atoms with Gasteiger partial charge in [-0.05, 0) is 74.3 Å². The highest BCUT2D eigenvalue weighted by atomic mass is 19.3. The van der Waals surface area contributed by atoms with Crippen LogP contribution in [0.3, 0.4) is 0 Å². The SMILES string of the molecule is CCn1c(-c2nonc2N)nc2c(C#CC(C)(C)O)ncc(OC[C@H]3CCCC(C(=O)[C@@H]4CC(F)(F)CN4C(=O)CNC(=O)c4ccnc5ccccc45)C3)c21. The molecule has 1 saturated heterocycles. The Morgan fingerprint density at radius 1 is 1.16 bits per heavy atom. The van der Waals surface area contributed by atoms with E-state index in [1.54, 1.807) is 38.1 Å². The number of halogens is 2. The molecule has 1 aliphatic carbocycles. The highest BCUT2D eigenvalue weighted by molar-refractivity contribution is 6.07. The van der Waals surface area contributed by atoms with Crippen LogP contribution in [0.2, 0.25) is 0 Å². The molecular weight excluding hydrogens is 728 g/mol. The van der Waals surface area contributed by atoms with Crippen molar-refractivity contribution in [2.45, 2.75) is 77.0 Å². The fourth-order valence-electron chi connectivity index (χ4n) is 7.52. The summed E-state index contributed by atoms with van der Waals surface area (Å²) in [6, 6.07) is 7.22. The number of carbonyl (C=O) groups excluding carboxylic acids is 3. The molecule has 1 aliphatic heterocycles. The first-order valence-corrected chi connectivity index (χ1v) is 18.4. The number of ether oxygens (including phenoxy) is 1. The molecule has 0 bridgehead atoms. The quantitative estimate of drug-likeness (QED) is 0.171. The van der Waals surface area contributed by atoms with E-state index >= 15 is 0 Å². The minimum absolute atomic E-state index is 0.0381. The van der Waals surface area contributed by atoms with E-state index in [0.29, 0.717) is 70.6 Å². The zero-order valence-electron chi connectivity index (χ0n) is 31.1. The largest absolute Gasteiger partial charge is 0.489 e. The lowest BCUT2D eigenvalue weighted by Gasteiger charge is -2.32. The molecule has 5 heterocycles. The van der Waals surface area contributed by atoms with E-state index in [9.17, 15) is 28.3 Å². The second-order valence-electron chi connectivity index (χ2n) is 14.8.